The van der Waals surface area contributed by atoms with Gasteiger partial charge in [-0.2, -0.15) is 5.10 Å². The van der Waals surface area contributed by atoms with Gasteiger partial charge in [0.15, 0.2) is 5.13 Å². The Morgan fingerprint density at radius 2 is 2.00 bits per heavy atom. The van der Waals surface area contributed by atoms with E-state index < -0.39 is 0 Å². The Morgan fingerprint density at radius 3 is 2.63 bits per heavy atom. The fourth-order valence-corrected chi connectivity index (χ4v) is 3.93. The first-order chi connectivity index (χ1) is 12.4. The molecule has 3 aromatic rings. The Kier molecular flexibility index (Phi) is 7.22. The summed E-state index contributed by atoms with van der Waals surface area (Å²) < 4.78 is 2.71. The quantitative estimate of drug-likeness (QED) is 0.586. The number of nitrogens with zero attached hydrogens (tertiary/aromatic N) is 5. The lowest BCUT2D eigenvalue weighted by molar-refractivity contribution is 0.0973. The summed E-state index contributed by atoms with van der Waals surface area (Å²) in [7, 11) is 3.96. The summed E-state index contributed by atoms with van der Waals surface area (Å²) in [5, 5.41) is 5.53. The molecule has 0 bridgehead atoms. The van der Waals surface area contributed by atoms with E-state index in [1.165, 1.54) is 11.3 Å². The molecular weight excluding hydrogens is 405 g/mol. The summed E-state index contributed by atoms with van der Waals surface area (Å²) >= 11 is 7.74. The van der Waals surface area contributed by atoms with Gasteiger partial charge in [0.2, 0.25) is 0 Å². The Bertz CT molecular complexity index is 922. The topological polar surface area (TPSA) is 54.3 Å². The zero-order valence-corrected chi connectivity index (χ0v) is 18.1. The molecule has 1 aromatic carbocycles. The highest BCUT2D eigenvalue weighted by molar-refractivity contribution is 7.22. The molecule has 1 amide bonds. The summed E-state index contributed by atoms with van der Waals surface area (Å²) in [4.78, 5) is 21.7. The third-order valence-corrected chi connectivity index (χ3v) is 5.33. The largest absolute Gasteiger partial charge is 0.308 e. The van der Waals surface area contributed by atoms with Gasteiger partial charge in [-0.05, 0) is 46.1 Å². The number of halogens is 2. The number of carbonyl (C=O) groups is 1. The van der Waals surface area contributed by atoms with Crippen LogP contribution in [0.15, 0.2) is 30.5 Å². The molecule has 0 aliphatic carbocycles. The van der Waals surface area contributed by atoms with Gasteiger partial charge in [0, 0.05) is 25.3 Å². The van der Waals surface area contributed by atoms with Gasteiger partial charge >= 0.3 is 0 Å². The first kappa shape index (κ1) is 21.6. The number of para-hydroxylation sites is 1. The van der Waals surface area contributed by atoms with E-state index >= 15 is 0 Å². The average molecular weight is 428 g/mol. The van der Waals surface area contributed by atoms with E-state index in [4.69, 9.17) is 11.6 Å². The fourth-order valence-electron chi connectivity index (χ4n) is 2.64. The minimum Gasteiger partial charge on any atom is -0.308 e. The smallest absolute Gasteiger partial charge is 0.278 e. The number of anilines is 1. The number of carbonyl (C=O) groups excluding carboxylic acids is 1. The maximum Gasteiger partial charge on any atom is 0.278 e. The minimum atomic E-state index is -0.103. The third-order valence-electron chi connectivity index (χ3n) is 3.98. The molecule has 6 nitrogen and oxygen atoms in total. The van der Waals surface area contributed by atoms with Crippen LogP contribution in [0.5, 0.6) is 0 Å². The number of rotatable bonds is 6. The summed E-state index contributed by atoms with van der Waals surface area (Å²) in [6.07, 6.45) is 1.66. The van der Waals surface area contributed by atoms with Crippen LogP contribution >= 0.6 is 35.3 Å². The van der Waals surface area contributed by atoms with Gasteiger partial charge < -0.3 is 4.90 Å². The van der Waals surface area contributed by atoms with Crippen molar-refractivity contribution in [2.24, 2.45) is 0 Å². The van der Waals surface area contributed by atoms with E-state index in [0.29, 0.717) is 22.4 Å². The molecule has 0 unspecified atom stereocenters. The first-order valence-electron chi connectivity index (χ1n) is 8.43. The van der Waals surface area contributed by atoms with Crippen LogP contribution in [0.2, 0.25) is 5.02 Å². The van der Waals surface area contributed by atoms with Crippen molar-refractivity contribution in [3.63, 3.8) is 0 Å². The lowest BCUT2D eigenvalue weighted by Crippen LogP contribution is -2.38. The van der Waals surface area contributed by atoms with Gasteiger partial charge in [-0.3, -0.25) is 14.4 Å². The van der Waals surface area contributed by atoms with E-state index in [-0.39, 0.29) is 24.4 Å². The van der Waals surface area contributed by atoms with Crippen molar-refractivity contribution >= 4 is 56.6 Å². The van der Waals surface area contributed by atoms with Crippen LogP contribution in [-0.2, 0) is 0 Å². The second-order valence-electron chi connectivity index (χ2n) is 6.60. The lowest BCUT2D eigenvalue weighted by Gasteiger charge is -2.22. The maximum atomic E-state index is 13.3. The van der Waals surface area contributed by atoms with Crippen LogP contribution in [-0.4, -0.2) is 52.8 Å². The number of hydrogen-bond donors (Lipinski definition) is 0. The molecule has 0 radical (unpaired) electrons. The maximum absolute atomic E-state index is 13.3. The third kappa shape index (κ3) is 4.60. The Morgan fingerprint density at radius 1 is 1.26 bits per heavy atom. The molecule has 0 spiro atoms. The number of aromatic nitrogens is 3. The van der Waals surface area contributed by atoms with Gasteiger partial charge in [-0.15, -0.1) is 12.4 Å². The monoisotopic (exact) mass is 427 g/mol. The van der Waals surface area contributed by atoms with Gasteiger partial charge in [0.1, 0.15) is 11.2 Å². The SMILES string of the molecule is CC(C)n1nccc1C(=O)N(CCN(C)C)c1nc2c(Cl)cccc2s1.Cl. The summed E-state index contributed by atoms with van der Waals surface area (Å²) in [6, 6.07) is 7.53. The molecular formula is C18H23Cl2N5OS. The van der Waals surface area contributed by atoms with E-state index in [0.717, 1.165) is 16.8 Å². The fraction of sp³-hybridized carbons (Fsp3) is 0.389. The van der Waals surface area contributed by atoms with Crippen molar-refractivity contribution in [1.82, 2.24) is 19.7 Å². The Labute approximate surface area is 174 Å². The van der Waals surface area contributed by atoms with Crippen LogP contribution in [0, 0.1) is 0 Å². The molecule has 2 aromatic heterocycles. The minimum absolute atomic E-state index is 0. The van der Waals surface area contributed by atoms with Crippen molar-refractivity contribution in [2.75, 3.05) is 32.1 Å². The van der Waals surface area contributed by atoms with Gasteiger partial charge in [0.05, 0.1) is 9.72 Å². The van der Waals surface area contributed by atoms with Crippen LogP contribution in [0.1, 0.15) is 30.4 Å². The number of benzene rings is 1. The van der Waals surface area contributed by atoms with Gasteiger partial charge in [-0.25, -0.2) is 4.98 Å². The van der Waals surface area contributed by atoms with E-state index in [2.05, 4.69) is 10.1 Å². The van der Waals surface area contributed by atoms with Crippen LogP contribution in [0.3, 0.4) is 0 Å². The van der Waals surface area contributed by atoms with Crippen molar-refractivity contribution in [3.05, 3.63) is 41.2 Å². The summed E-state index contributed by atoms with van der Waals surface area (Å²) in [6.45, 7) is 5.27. The second kappa shape index (κ2) is 9.01. The average Bonchev–Trinajstić information content (AvgIpc) is 3.22. The standard InChI is InChI=1S/C18H22ClN5OS.ClH/c1-12(2)24-14(8-9-20-24)17(25)23(11-10-22(3)4)18-21-16-13(19)6-5-7-15(16)26-18;/h5-9,12H,10-11H2,1-4H3;1H. The predicted octanol–water partition coefficient (Wildman–Crippen LogP) is 4.36. The van der Waals surface area contributed by atoms with Crippen molar-refractivity contribution < 1.29 is 4.79 Å². The molecule has 9 heteroatoms. The van der Waals surface area contributed by atoms with E-state index in [9.17, 15) is 4.79 Å². The normalized spacial score (nSPS) is 11.2. The Balaban J connectivity index is 0.00000261. The molecule has 3 rings (SSSR count). The highest BCUT2D eigenvalue weighted by Crippen LogP contribution is 2.33. The van der Waals surface area contributed by atoms with E-state index in [1.807, 2.05) is 51.0 Å². The molecule has 0 fully saturated rings. The van der Waals surface area contributed by atoms with Crippen LogP contribution < -0.4 is 4.90 Å². The highest BCUT2D eigenvalue weighted by Gasteiger charge is 2.25. The summed E-state index contributed by atoms with van der Waals surface area (Å²) in [5.74, 6) is -0.103. The van der Waals surface area contributed by atoms with Gasteiger partial charge in [0.25, 0.3) is 5.91 Å². The molecule has 0 aliphatic heterocycles. The number of amides is 1. The molecule has 0 atom stereocenters. The van der Waals surface area contributed by atoms with Crippen molar-refractivity contribution in [1.29, 1.82) is 0 Å². The van der Waals surface area contributed by atoms with E-state index in [1.54, 1.807) is 21.8 Å². The Hall–Kier alpha value is -1.67. The van der Waals surface area contributed by atoms with Crippen LogP contribution in [0.25, 0.3) is 10.2 Å². The molecule has 0 N–H and O–H groups in total. The highest BCUT2D eigenvalue weighted by atomic mass is 35.5. The van der Waals surface area contributed by atoms with Crippen LogP contribution in [0.4, 0.5) is 5.13 Å². The summed E-state index contributed by atoms with van der Waals surface area (Å²) in [5.41, 5.74) is 1.29. The first-order valence-corrected chi connectivity index (χ1v) is 9.63. The van der Waals surface area contributed by atoms with Gasteiger partial charge in [-0.1, -0.05) is 29.0 Å². The van der Waals surface area contributed by atoms with Crippen molar-refractivity contribution in [2.45, 2.75) is 19.9 Å². The molecule has 0 aliphatic rings. The molecule has 0 saturated carbocycles. The number of likely N-dealkylation sites (N-methyl/N-ethyl adjacent to an activating group) is 1. The zero-order chi connectivity index (χ0) is 18.8. The molecule has 146 valence electrons. The molecule has 0 saturated heterocycles. The molecule has 27 heavy (non-hydrogen) atoms. The molecule has 2 heterocycles. The predicted molar refractivity (Wildman–Crippen MR) is 115 cm³/mol. The second-order valence-corrected chi connectivity index (χ2v) is 8.01. The van der Waals surface area contributed by atoms with Crippen molar-refractivity contribution in [3.8, 4) is 0 Å². The number of hydrogen-bond acceptors (Lipinski definition) is 5. The zero-order valence-electron chi connectivity index (χ0n) is 15.7. The lowest BCUT2D eigenvalue weighted by atomic mass is 10.3. The number of fused-ring (bicyclic) bond motifs is 1. The number of thiazole rings is 1.